The highest BCUT2D eigenvalue weighted by Crippen LogP contribution is 2.33. The van der Waals surface area contributed by atoms with E-state index in [1.165, 1.54) is 7.11 Å². The van der Waals surface area contributed by atoms with Gasteiger partial charge in [-0.1, -0.05) is 23.4 Å². The summed E-state index contributed by atoms with van der Waals surface area (Å²) < 4.78 is 45.0. The Bertz CT molecular complexity index is 976. The monoisotopic (exact) mass is 416 g/mol. The third-order valence-electron chi connectivity index (χ3n) is 3.46. The molecule has 0 atom stereocenters. The summed E-state index contributed by atoms with van der Waals surface area (Å²) in [7, 11) is 1.53. The molecule has 1 amide bonds. The number of hydrogen-bond donors (Lipinski definition) is 1. The van der Waals surface area contributed by atoms with Crippen molar-refractivity contribution in [2.24, 2.45) is 0 Å². The van der Waals surface area contributed by atoms with Crippen molar-refractivity contribution in [3.63, 3.8) is 0 Å². The van der Waals surface area contributed by atoms with Crippen molar-refractivity contribution in [2.75, 3.05) is 18.2 Å². The number of hydrogen-bond acceptors (Lipinski definition) is 5. The van der Waals surface area contributed by atoms with E-state index in [2.05, 4.69) is 15.5 Å². The maximum Gasteiger partial charge on any atom is 0.417 e. The van der Waals surface area contributed by atoms with Crippen LogP contribution in [0, 0.1) is 0 Å². The van der Waals surface area contributed by atoms with Crippen molar-refractivity contribution >= 4 is 40.6 Å². The number of halogens is 4. The number of fused-ring (bicyclic) bond motifs is 1. The second-order valence-corrected chi connectivity index (χ2v) is 6.67. The Hall–Kier alpha value is -2.46. The summed E-state index contributed by atoms with van der Waals surface area (Å²) in [5, 5.41) is 10.2. The molecule has 0 unspecified atom stereocenters. The number of rotatable bonds is 5. The fraction of sp³-hybridized carbons (Fsp3) is 0.188. The Labute approximate surface area is 160 Å². The molecule has 11 heteroatoms. The summed E-state index contributed by atoms with van der Waals surface area (Å²) in [6.07, 6.45) is -3.71. The minimum absolute atomic E-state index is 0.0688. The van der Waals surface area contributed by atoms with E-state index in [1.807, 2.05) is 0 Å². The molecule has 27 heavy (non-hydrogen) atoms. The van der Waals surface area contributed by atoms with Crippen LogP contribution in [0.3, 0.4) is 0 Å². The quantitative estimate of drug-likeness (QED) is 0.633. The average Bonchev–Trinajstić information content (AvgIpc) is 3.03. The first-order chi connectivity index (χ1) is 12.8. The summed E-state index contributed by atoms with van der Waals surface area (Å²) in [6.45, 7) is 0. The minimum Gasteiger partial charge on any atom is -0.497 e. The zero-order valence-corrected chi connectivity index (χ0v) is 15.3. The topological polar surface area (TPSA) is 68.5 Å². The number of benzene rings is 1. The number of thioether (sulfide) groups is 1. The molecule has 0 aliphatic rings. The highest BCUT2D eigenvalue weighted by Gasteiger charge is 2.32. The SMILES string of the molecule is COc1ccc(NC(=O)CSc2nnc3c(Cl)cc(C(F)(F)F)cn23)cc1. The van der Waals surface area contributed by atoms with Crippen LogP contribution in [0.5, 0.6) is 5.75 Å². The highest BCUT2D eigenvalue weighted by molar-refractivity contribution is 7.99. The van der Waals surface area contributed by atoms with Gasteiger partial charge in [-0.15, -0.1) is 10.2 Å². The molecular weight excluding hydrogens is 405 g/mol. The number of methoxy groups -OCH3 is 1. The maximum atomic E-state index is 13.0. The van der Waals surface area contributed by atoms with Crippen LogP contribution in [-0.2, 0) is 11.0 Å². The van der Waals surface area contributed by atoms with E-state index in [1.54, 1.807) is 24.3 Å². The van der Waals surface area contributed by atoms with Crippen LogP contribution in [0.1, 0.15) is 5.56 Å². The predicted molar refractivity (Wildman–Crippen MR) is 95.3 cm³/mol. The van der Waals surface area contributed by atoms with Crippen LogP contribution in [0.25, 0.3) is 5.65 Å². The van der Waals surface area contributed by atoms with Crippen molar-refractivity contribution in [3.05, 3.63) is 47.1 Å². The van der Waals surface area contributed by atoms with Crippen LogP contribution in [0.4, 0.5) is 18.9 Å². The first-order valence-corrected chi connectivity index (χ1v) is 8.82. The van der Waals surface area contributed by atoms with Crippen LogP contribution < -0.4 is 10.1 Å². The standard InChI is InChI=1S/C16H12ClF3N4O2S/c1-26-11-4-2-10(3-5-11)21-13(25)8-27-15-23-22-14-12(17)6-9(7-24(14)15)16(18,19)20/h2-7H,8H2,1H3,(H,21,25). The largest absolute Gasteiger partial charge is 0.497 e. The molecule has 0 spiro atoms. The summed E-state index contributed by atoms with van der Waals surface area (Å²) >= 11 is 6.80. The molecule has 0 fully saturated rings. The summed E-state index contributed by atoms with van der Waals surface area (Å²) in [4.78, 5) is 12.1. The molecule has 0 bridgehead atoms. The number of pyridine rings is 1. The lowest BCUT2D eigenvalue weighted by Gasteiger charge is -2.09. The molecule has 2 aromatic heterocycles. The van der Waals surface area contributed by atoms with Gasteiger partial charge in [0.15, 0.2) is 10.8 Å². The van der Waals surface area contributed by atoms with Gasteiger partial charge in [0.2, 0.25) is 5.91 Å². The minimum atomic E-state index is -4.56. The van der Waals surface area contributed by atoms with Crippen LogP contribution >= 0.6 is 23.4 Å². The molecule has 142 valence electrons. The van der Waals surface area contributed by atoms with Gasteiger partial charge >= 0.3 is 6.18 Å². The van der Waals surface area contributed by atoms with Crippen LogP contribution in [-0.4, -0.2) is 33.4 Å². The third kappa shape index (κ3) is 4.45. The molecule has 2 heterocycles. The molecule has 0 aliphatic carbocycles. The van der Waals surface area contributed by atoms with Crippen molar-refractivity contribution in [1.29, 1.82) is 0 Å². The van der Waals surface area contributed by atoms with Gasteiger partial charge in [-0.05, 0) is 30.3 Å². The number of anilines is 1. The number of aromatic nitrogens is 3. The van der Waals surface area contributed by atoms with Crippen molar-refractivity contribution in [1.82, 2.24) is 14.6 Å². The molecule has 3 rings (SSSR count). The Balaban J connectivity index is 1.72. The molecule has 1 N–H and O–H groups in total. The molecule has 0 aliphatic heterocycles. The normalized spacial score (nSPS) is 11.6. The molecule has 3 aromatic rings. The maximum absolute atomic E-state index is 13.0. The van der Waals surface area contributed by atoms with Crippen LogP contribution in [0.15, 0.2) is 41.7 Å². The van der Waals surface area contributed by atoms with Gasteiger partial charge in [0.05, 0.1) is 23.4 Å². The second kappa shape index (κ2) is 7.65. The van der Waals surface area contributed by atoms with Gasteiger partial charge in [-0.2, -0.15) is 13.2 Å². The van der Waals surface area contributed by atoms with E-state index in [4.69, 9.17) is 16.3 Å². The fourth-order valence-corrected chi connectivity index (χ4v) is 3.14. The third-order valence-corrected chi connectivity index (χ3v) is 4.68. The molecule has 0 saturated heterocycles. The Morgan fingerprint density at radius 3 is 2.63 bits per heavy atom. The van der Waals surface area contributed by atoms with E-state index in [0.717, 1.165) is 28.4 Å². The summed E-state index contributed by atoms with van der Waals surface area (Å²) in [5.41, 5.74) is -0.276. The highest BCUT2D eigenvalue weighted by atomic mass is 35.5. The molecule has 6 nitrogen and oxygen atoms in total. The van der Waals surface area contributed by atoms with E-state index in [-0.39, 0.29) is 27.5 Å². The van der Waals surface area contributed by atoms with Gasteiger partial charge < -0.3 is 10.1 Å². The summed E-state index contributed by atoms with van der Waals surface area (Å²) in [5.74, 6) is 0.232. The zero-order chi connectivity index (χ0) is 19.6. The zero-order valence-electron chi connectivity index (χ0n) is 13.7. The number of nitrogens with zero attached hydrogens (tertiary/aromatic N) is 3. The number of ether oxygens (including phenoxy) is 1. The first kappa shape index (κ1) is 19.3. The number of carbonyl (C=O) groups is 1. The molecule has 0 radical (unpaired) electrons. The Kier molecular flexibility index (Phi) is 5.47. The summed E-state index contributed by atoms with van der Waals surface area (Å²) in [6, 6.07) is 7.51. The lowest BCUT2D eigenvalue weighted by Crippen LogP contribution is -2.14. The van der Waals surface area contributed by atoms with Gasteiger partial charge in [0.1, 0.15) is 5.75 Å². The van der Waals surface area contributed by atoms with Crippen molar-refractivity contribution in [3.8, 4) is 5.75 Å². The fourth-order valence-electron chi connectivity index (χ4n) is 2.19. The lowest BCUT2D eigenvalue weighted by atomic mass is 10.3. The first-order valence-electron chi connectivity index (χ1n) is 7.46. The van der Waals surface area contributed by atoms with Crippen LogP contribution in [0.2, 0.25) is 5.02 Å². The number of nitrogens with one attached hydrogen (secondary N) is 1. The Morgan fingerprint density at radius 2 is 2.00 bits per heavy atom. The van der Waals surface area contributed by atoms with E-state index < -0.39 is 11.7 Å². The van der Waals surface area contributed by atoms with E-state index in [0.29, 0.717) is 11.4 Å². The van der Waals surface area contributed by atoms with Gasteiger partial charge in [0.25, 0.3) is 0 Å². The van der Waals surface area contributed by atoms with Gasteiger partial charge in [-0.25, -0.2) is 0 Å². The molecule has 0 saturated carbocycles. The van der Waals surface area contributed by atoms with Gasteiger partial charge in [-0.3, -0.25) is 9.20 Å². The lowest BCUT2D eigenvalue weighted by molar-refractivity contribution is -0.137. The second-order valence-electron chi connectivity index (χ2n) is 5.32. The van der Waals surface area contributed by atoms with Crippen molar-refractivity contribution < 1.29 is 22.7 Å². The molecular formula is C16H12ClF3N4O2S. The number of carbonyl (C=O) groups excluding carboxylic acids is 1. The number of amides is 1. The molecule has 1 aromatic carbocycles. The smallest absolute Gasteiger partial charge is 0.417 e. The Morgan fingerprint density at radius 1 is 1.30 bits per heavy atom. The number of alkyl halides is 3. The van der Waals surface area contributed by atoms with E-state index in [9.17, 15) is 18.0 Å². The predicted octanol–water partition coefficient (Wildman–Crippen LogP) is 4.14. The van der Waals surface area contributed by atoms with Gasteiger partial charge in [0, 0.05) is 11.9 Å². The van der Waals surface area contributed by atoms with E-state index >= 15 is 0 Å². The van der Waals surface area contributed by atoms with Crippen molar-refractivity contribution in [2.45, 2.75) is 11.3 Å². The average molecular weight is 417 g/mol.